The maximum atomic E-state index is 11.5. The molecule has 1 amide bonds. The first kappa shape index (κ1) is 15.1. The normalized spacial score (nSPS) is 11.1. The number of hydrogen-bond donors (Lipinski definition) is 2. The summed E-state index contributed by atoms with van der Waals surface area (Å²) in [5.41, 5.74) is 0.972. The van der Waals surface area contributed by atoms with E-state index in [1.807, 2.05) is 6.07 Å². The molecule has 0 aliphatic heterocycles. The standard InChI is InChI=1S/C11H14N4O3S/c1-15(2)19(17,18)13-8-11(16)14-10-5-3-9(7-12)4-6-10/h3-6,13H,8H2,1-2H3,(H,14,16). The topological polar surface area (TPSA) is 102 Å². The molecule has 0 heterocycles. The van der Waals surface area contributed by atoms with Crippen molar-refractivity contribution in [2.24, 2.45) is 0 Å². The summed E-state index contributed by atoms with van der Waals surface area (Å²) in [5, 5.41) is 11.1. The van der Waals surface area contributed by atoms with Gasteiger partial charge in [-0.1, -0.05) is 0 Å². The highest BCUT2D eigenvalue weighted by atomic mass is 32.2. The van der Waals surface area contributed by atoms with Gasteiger partial charge in [-0.2, -0.15) is 22.7 Å². The summed E-state index contributed by atoms with van der Waals surface area (Å²) in [6, 6.07) is 8.20. The van der Waals surface area contributed by atoms with Crippen LogP contribution in [0.2, 0.25) is 0 Å². The number of amides is 1. The van der Waals surface area contributed by atoms with E-state index in [0.717, 1.165) is 4.31 Å². The van der Waals surface area contributed by atoms with Crippen molar-refractivity contribution in [1.29, 1.82) is 5.26 Å². The maximum Gasteiger partial charge on any atom is 0.279 e. The molecule has 19 heavy (non-hydrogen) atoms. The number of carbonyl (C=O) groups is 1. The van der Waals surface area contributed by atoms with Gasteiger partial charge < -0.3 is 5.32 Å². The van der Waals surface area contributed by atoms with Gasteiger partial charge in [0.25, 0.3) is 10.2 Å². The zero-order valence-corrected chi connectivity index (χ0v) is 11.4. The van der Waals surface area contributed by atoms with Crippen LogP contribution in [0.25, 0.3) is 0 Å². The first-order valence-corrected chi connectivity index (χ1v) is 6.76. The first-order chi connectivity index (χ1) is 8.85. The molecule has 0 unspecified atom stereocenters. The van der Waals surface area contributed by atoms with Crippen molar-refractivity contribution in [2.45, 2.75) is 0 Å². The second-order valence-corrected chi connectivity index (χ2v) is 5.81. The zero-order valence-electron chi connectivity index (χ0n) is 10.5. The van der Waals surface area contributed by atoms with Gasteiger partial charge in [-0.05, 0) is 24.3 Å². The van der Waals surface area contributed by atoms with Crippen molar-refractivity contribution in [3.05, 3.63) is 29.8 Å². The Kier molecular flexibility index (Phi) is 5.00. The van der Waals surface area contributed by atoms with Crippen LogP contribution in [0.15, 0.2) is 24.3 Å². The molecule has 0 bridgehead atoms. The van der Waals surface area contributed by atoms with Crippen LogP contribution < -0.4 is 10.0 Å². The summed E-state index contributed by atoms with van der Waals surface area (Å²) in [5.74, 6) is -0.491. The number of nitrogens with one attached hydrogen (secondary N) is 2. The van der Waals surface area contributed by atoms with E-state index in [-0.39, 0.29) is 6.54 Å². The summed E-state index contributed by atoms with van der Waals surface area (Å²) in [6.45, 7) is -0.361. The molecule has 0 spiro atoms. The summed E-state index contributed by atoms with van der Waals surface area (Å²) in [4.78, 5) is 11.5. The van der Waals surface area contributed by atoms with E-state index in [2.05, 4.69) is 10.0 Å². The van der Waals surface area contributed by atoms with Gasteiger partial charge in [0.05, 0.1) is 18.2 Å². The van der Waals surface area contributed by atoms with E-state index in [4.69, 9.17) is 5.26 Å². The van der Waals surface area contributed by atoms with Crippen LogP contribution in [0.1, 0.15) is 5.56 Å². The monoisotopic (exact) mass is 282 g/mol. The predicted molar refractivity (Wildman–Crippen MR) is 70.4 cm³/mol. The van der Waals surface area contributed by atoms with E-state index < -0.39 is 16.1 Å². The molecule has 2 N–H and O–H groups in total. The Morgan fingerprint density at radius 3 is 2.37 bits per heavy atom. The lowest BCUT2D eigenvalue weighted by atomic mass is 10.2. The average Bonchev–Trinajstić information content (AvgIpc) is 2.37. The Labute approximate surface area is 112 Å². The third kappa shape index (κ3) is 4.67. The highest BCUT2D eigenvalue weighted by molar-refractivity contribution is 7.87. The second-order valence-electron chi connectivity index (χ2n) is 3.85. The fourth-order valence-corrected chi connectivity index (χ4v) is 1.69. The summed E-state index contributed by atoms with van der Waals surface area (Å²) in [6.07, 6.45) is 0. The Balaban J connectivity index is 2.54. The quantitative estimate of drug-likeness (QED) is 0.786. The molecule has 7 nitrogen and oxygen atoms in total. The highest BCUT2D eigenvalue weighted by Gasteiger charge is 2.14. The second kappa shape index (κ2) is 6.29. The lowest BCUT2D eigenvalue weighted by molar-refractivity contribution is -0.115. The Hall–Kier alpha value is -1.95. The molecular weight excluding hydrogens is 268 g/mol. The summed E-state index contributed by atoms with van der Waals surface area (Å²) >= 11 is 0. The molecule has 8 heteroatoms. The van der Waals surface area contributed by atoms with Crippen LogP contribution >= 0.6 is 0 Å². The van der Waals surface area contributed by atoms with Crippen molar-refractivity contribution in [2.75, 3.05) is 26.0 Å². The summed E-state index contributed by atoms with van der Waals surface area (Å²) in [7, 11) is -0.893. The van der Waals surface area contributed by atoms with Gasteiger partial charge in [0.15, 0.2) is 0 Å². The van der Waals surface area contributed by atoms with Gasteiger partial charge in [0.2, 0.25) is 5.91 Å². The van der Waals surface area contributed by atoms with Crippen LogP contribution in [-0.2, 0) is 15.0 Å². The van der Waals surface area contributed by atoms with Crippen LogP contribution in [0.5, 0.6) is 0 Å². The van der Waals surface area contributed by atoms with Crippen molar-refractivity contribution in [3.8, 4) is 6.07 Å². The molecule has 1 aromatic rings. The number of rotatable bonds is 5. The minimum atomic E-state index is -3.62. The zero-order chi connectivity index (χ0) is 14.5. The fraction of sp³-hybridized carbons (Fsp3) is 0.273. The Bertz CT molecular complexity index is 587. The molecule has 0 fully saturated rings. The largest absolute Gasteiger partial charge is 0.325 e. The van der Waals surface area contributed by atoms with E-state index in [1.165, 1.54) is 14.1 Å². The van der Waals surface area contributed by atoms with E-state index in [1.54, 1.807) is 24.3 Å². The van der Waals surface area contributed by atoms with Crippen molar-refractivity contribution in [1.82, 2.24) is 9.03 Å². The van der Waals surface area contributed by atoms with E-state index in [9.17, 15) is 13.2 Å². The molecule has 0 radical (unpaired) electrons. The van der Waals surface area contributed by atoms with Crippen molar-refractivity contribution in [3.63, 3.8) is 0 Å². The molecule has 0 aliphatic carbocycles. The SMILES string of the molecule is CN(C)S(=O)(=O)NCC(=O)Nc1ccc(C#N)cc1. The van der Waals surface area contributed by atoms with Crippen molar-refractivity contribution >= 4 is 21.8 Å². The average molecular weight is 282 g/mol. The molecule has 0 aromatic heterocycles. The number of nitrogens with zero attached hydrogens (tertiary/aromatic N) is 2. The van der Waals surface area contributed by atoms with Gasteiger partial charge in [0, 0.05) is 19.8 Å². The number of anilines is 1. The molecule has 1 rings (SSSR count). The summed E-state index contributed by atoms with van der Waals surface area (Å²) < 4.78 is 25.8. The highest BCUT2D eigenvalue weighted by Crippen LogP contribution is 2.08. The van der Waals surface area contributed by atoms with E-state index in [0.29, 0.717) is 11.3 Å². The molecule has 1 aromatic carbocycles. The minimum Gasteiger partial charge on any atom is -0.325 e. The van der Waals surface area contributed by atoms with Gasteiger partial charge in [0.1, 0.15) is 0 Å². The minimum absolute atomic E-state index is 0.361. The lowest BCUT2D eigenvalue weighted by Crippen LogP contribution is -2.40. The Morgan fingerprint density at radius 2 is 1.89 bits per heavy atom. The van der Waals surface area contributed by atoms with Gasteiger partial charge in [-0.3, -0.25) is 4.79 Å². The molecule has 0 saturated heterocycles. The third-order valence-corrected chi connectivity index (χ3v) is 3.66. The van der Waals surface area contributed by atoms with Gasteiger partial charge >= 0.3 is 0 Å². The maximum absolute atomic E-state index is 11.5. The van der Waals surface area contributed by atoms with Crippen LogP contribution in [0, 0.1) is 11.3 Å². The number of hydrogen-bond acceptors (Lipinski definition) is 4. The number of benzene rings is 1. The lowest BCUT2D eigenvalue weighted by Gasteiger charge is -2.12. The molecule has 0 atom stereocenters. The van der Waals surface area contributed by atoms with Crippen LogP contribution in [0.3, 0.4) is 0 Å². The fourth-order valence-electron chi connectivity index (χ4n) is 1.12. The molecular formula is C11H14N4O3S. The predicted octanol–water partition coefficient (Wildman–Crippen LogP) is -0.107. The molecule has 102 valence electrons. The van der Waals surface area contributed by atoms with Crippen molar-refractivity contribution < 1.29 is 13.2 Å². The molecule has 0 saturated carbocycles. The number of nitriles is 1. The molecule has 0 aliphatic rings. The van der Waals surface area contributed by atoms with Gasteiger partial charge in [-0.25, -0.2) is 0 Å². The third-order valence-electron chi connectivity index (χ3n) is 2.19. The number of carbonyl (C=O) groups excluding carboxylic acids is 1. The van der Waals surface area contributed by atoms with Gasteiger partial charge in [-0.15, -0.1) is 0 Å². The Morgan fingerprint density at radius 1 is 1.32 bits per heavy atom. The van der Waals surface area contributed by atoms with E-state index >= 15 is 0 Å². The smallest absolute Gasteiger partial charge is 0.279 e. The first-order valence-electron chi connectivity index (χ1n) is 5.32. The van der Waals surface area contributed by atoms with Crippen LogP contribution in [-0.4, -0.2) is 39.3 Å². The van der Waals surface area contributed by atoms with Crippen LogP contribution in [0.4, 0.5) is 5.69 Å².